The van der Waals surface area contributed by atoms with E-state index in [1.165, 1.54) is 0 Å². The molecule has 0 aliphatic heterocycles. The van der Waals surface area contributed by atoms with Crippen LogP contribution in [-0.4, -0.2) is 56.0 Å². The van der Waals surface area contributed by atoms with Gasteiger partial charge in [0.15, 0.2) is 11.1 Å². The maximum atomic E-state index is 11.3. The fourth-order valence-corrected chi connectivity index (χ4v) is 2.72. The van der Waals surface area contributed by atoms with E-state index >= 15 is 0 Å². The minimum atomic E-state index is -0.479. The highest BCUT2D eigenvalue weighted by molar-refractivity contribution is 5.57. The lowest BCUT2D eigenvalue weighted by molar-refractivity contribution is 0.198. The van der Waals surface area contributed by atoms with Crippen molar-refractivity contribution in [3.8, 4) is 5.88 Å². The number of nitrogens with zero attached hydrogens (tertiary/aromatic N) is 4. The van der Waals surface area contributed by atoms with Gasteiger partial charge in [-0.15, -0.1) is 0 Å². The van der Waals surface area contributed by atoms with Crippen molar-refractivity contribution in [2.24, 2.45) is 4.99 Å². The van der Waals surface area contributed by atoms with Crippen LogP contribution in [0, 0.1) is 0 Å². The summed E-state index contributed by atoms with van der Waals surface area (Å²) in [6, 6.07) is 2.21. The molecule has 0 aromatic carbocycles. The number of aromatic nitrogens is 5. The quantitative estimate of drug-likeness (QED) is 0.414. The van der Waals surface area contributed by atoms with Crippen LogP contribution in [0.15, 0.2) is 22.1 Å². The molecule has 4 N–H and O–H groups in total. The third-order valence-electron chi connectivity index (χ3n) is 4.21. The molecule has 3 aromatic heterocycles. The second-order valence-electron chi connectivity index (χ2n) is 6.45. The number of methoxy groups -OCH3 is 1. The molecule has 3 heterocycles. The van der Waals surface area contributed by atoms with Gasteiger partial charge in [-0.1, -0.05) is 0 Å². The fraction of sp³-hybridized carbons (Fsp3) is 0.412. The van der Waals surface area contributed by atoms with Crippen molar-refractivity contribution in [2.75, 3.05) is 25.6 Å². The van der Waals surface area contributed by atoms with E-state index in [4.69, 9.17) is 9.73 Å². The first kappa shape index (κ1) is 17.3. The number of anilines is 1. The summed E-state index contributed by atoms with van der Waals surface area (Å²) in [7, 11) is 1.67. The molecule has 0 radical (unpaired) electrons. The molecule has 27 heavy (non-hydrogen) atoms. The van der Waals surface area contributed by atoms with Gasteiger partial charge in [0.25, 0.3) is 0 Å². The van der Waals surface area contributed by atoms with E-state index in [1.807, 2.05) is 6.07 Å². The number of imidazole rings is 1. The zero-order chi connectivity index (χ0) is 18.8. The van der Waals surface area contributed by atoms with Crippen molar-refractivity contribution in [1.82, 2.24) is 24.6 Å². The molecule has 0 bridgehead atoms. The zero-order valence-electron chi connectivity index (χ0n) is 14.9. The Bertz CT molecular complexity index is 1120. The summed E-state index contributed by atoms with van der Waals surface area (Å²) in [6.45, 7) is 1.39. The van der Waals surface area contributed by atoms with Crippen molar-refractivity contribution in [3.05, 3.63) is 39.1 Å². The highest BCUT2D eigenvalue weighted by Gasteiger charge is 2.20. The summed E-state index contributed by atoms with van der Waals surface area (Å²) in [6.07, 6.45) is 6.28. The number of aromatic amines is 2. The molecular formula is C17H21N7O3. The molecule has 3 aromatic rings. The van der Waals surface area contributed by atoms with Crippen molar-refractivity contribution in [3.63, 3.8) is 0 Å². The standard InChI is InChI=1S/C17H21N7O3/c1-27-6-2-5-18-13-8-14(20-11-3-4-11)24-15(22-13)10(9-19-24)7-12-16(25)23-17(26)21-12/h7-9,11,18,25H,2-6H2,1H3,(H2,21,23,26). The first-order valence-corrected chi connectivity index (χ1v) is 8.82. The van der Waals surface area contributed by atoms with E-state index < -0.39 is 5.69 Å². The van der Waals surface area contributed by atoms with Crippen molar-refractivity contribution in [1.29, 1.82) is 0 Å². The summed E-state index contributed by atoms with van der Waals surface area (Å²) in [5.41, 5.74) is 1.11. The third-order valence-corrected chi connectivity index (χ3v) is 4.21. The minimum Gasteiger partial charge on any atom is -0.493 e. The number of ether oxygens (including phenoxy) is 1. The van der Waals surface area contributed by atoms with E-state index in [2.05, 4.69) is 25.4 Å². The number of hydrogen-bond acceptors (Lipinski definition) is 7. The highest BCUT2D eigenvalue weighted by Crippen LogP contribution is 2.22. The molecule has 0 atom stereocenters. The Labute approximate surface area is 153 Å². The average molecular weight is 371 g/mol. The normalized spacial score (nSPS) is 15.7. The summed E-state index contributed by atoms with van der Waals surface area (Å²) in [5.74, 6) is 0.469. The maximum absolute atomic E-state index is 11.3. The molecule has 10 heteroatoms. The first-order valence-electron chi connectivity index (χ1n) is 8.82. The molecule has 1 fully saturated rings. The van der Waals surface area contributed by atoms with Crippen LogP contribution in [0.2, 0.25) is 0 Å². The van der Waals surface area contributed by atoms with E-state index in [1.54, 1.807) is 23.9 Å². The molecule has 1 aliphatic carbocycles. The van der Waals surface area contributed by atoms with Crippen LogP contribution in [0.25, 0.3) is 11.7 Å². The van der Waals surface area contributed by atoms with Crippen LogP contribution in [0.4, 0.5) is 5.82 Å². The van der Waals surface area contributed by atoms with Crippen molar-refractivity contribution in [2.45, 2.75) is 25.3 Å². The second kappa shape index (κ2) is 7.23. The third kappa shape index (κ3) is 3.85. The van der Waals surface area contributed by atoms with Gasteiger partial charge in [-0.2, -0.15) is 9.61 Å². The Balaban J connectivity index is 1.79. The predicted molar refractivity (Wildman–Crippen MR) is 98.4 cm³/mol. The van der Waals surface area contributed by atoms with E-state index in [0.29, 0.717) is 29.3 Å². The molecule has 10 nitrogen and oxygen atoms in total. The van der Waals surface area contributed by atoms with Crippen LogP contribution in [-0.2, 0) is 4.74 Å². The smallest absolute Gasteiger partial charge is 0.326 e. The Kier molecular flexibility index (Phi) is 4.63. The highest BCUT2D eigenvalue weighted by atomic mass is 16.5. The van der Waals surface area contributed by atoms with Crippen LogP contribution in [0.5, 0.6) is 5.88 Å². The lowest BCUT2D eigenvalue weighted by Crippen LogP contribution is -2.21. The molecule has 0 saturated heterocycles. The average Bonchev–Trinajstić information content (AvgIpc) is 3.28. The van der Waals surface area contributed by atoms with Crippen molar-refractivity contribution < 1.29 is 9.84 Å². The van der Waals surface area contributed by atoms with E-state index in [0.717, 1.165) is 31.3 Å². The number of aromatic hydroxyl groups is 1. The molecule has 0 spiro atoms. The predicted octanol–water partition coefficient (Wildman–Crippen LogP) is -0.489. The molecule has 4 rings (SSSR count). The SMILES string of the molecule is COCCCNc1cc(=NC2CC2)n2ncc(=Cc3[nH]c(=O)[nH]c3O)c2n1. The number of hydrogen-bond donors (Lipinski definition) is 4. The monoisotopic (exact) mass is 371 g/mol. The minimum absolute atomic E-state index is 0.226. The Morgan fingerprint density at radius 1 is 1.48 bits per heavy atom. The fourth-order valence-electron chi connectivity index (χ4n) is 2.72. The van der Waals surface area contributed by atoms with Gasteiger partial charge in [0.05, 0.1) is 12.2 Å². The van der Waals surface area contributed by atoms with E-state index in [-0.39, 0.29) is 11.6 Å². The summed E-state index contributed by atoms with van der Waals surface area (Å²) < 4.78 is 6.74. The summed E-state index contributed by atoms with van der Waals surface area (Å²) in [5, 5.41) is 18.1. The first-order chi connectivity index (χ1) is 13.1. The van der Waals surface area contributed by atoms with Crippen molar-refractivity contribution >= 4 is 17.5 Å². The van der Waals surface area contributed by atoms with Gasteiger partial charge < -0.3 is 20.1 Å². The molecule has 142 valence electrons. The number of fused-ring (bicyclic) bond motifs is 1. The lowest BCUT2D eigenvalue weighted by Gasteiger charge is -2.06. The molecule has 0 amide bonds. The Morgan fingerprint density at radius 3 is 3.04 bits per heavy atom. The largest absolute Gasteiger partial charge is 0.493 e. The summed E-state index contributed by atoms with van der Waals surface area (Å²) in [4.78, 5) is 25.5. The van der Waals surface area contributed by atoms with Crippen LogP contribution < -0.4 is 21.7 Å². The van der Waals surface area contributed by atoms with Crippen LogP contribution in [0.1, 0.15) is 25.0 Å². The molecular weight excluding hydrogens is 350 g/mol. The summed E-state index contributed by atoms with van der Waals surface area (Å²) >= 11 is 0. The van der Waals surface area contributed by atoms with Gasteiger partial charge in [0.1, 0.15) is 11.5 Å². The molecule has 1 saturated carbocycles. The van der Waals surface area contributed by atoms with Gasteiger partial charge in [-0.25, -0.2) is 9.78 Å². The van der Waals surface area contributed by atoms with Gasteiger partial charge in [-0.3, -0.25) is 9.98 Å². The van der Waals surface area contributed by atoms with Crippen LogP contribution >= 0.6 is 0 Å². The Morgan fingerprint density at radius 2 is 2.33 bits per heavy atom. The van der Waals surface area contributed by atoms with Gasteiger partial charge >= 0.3 is 5.69 Å². The Hall–Kier alpha value is -3.14. The number of nitrogens with one attached hydrogen (secondary N) is 3. The molecule has 1 aliphatic rings. The maximum Gasteiger partial charge on any atom is 0.326 e. The lowest BCUT2D eigenvalue weighted by atomic mass is 10.3. The van der Waals surface area contributed by atoms with Gasteiger partial charge in [-0.05, 0) is 25.3 Å². The molecule has 0 unspecified atom stereocenters. The second-order valence-corrected chi connectivity index (χ2v) is 6.45. The van der Waals surface area contributed by atoms with E-state index in [9.17, 15) is 9.90 Å². The zero-order valence-corrected chi connectivity index (χ0v) is 14.9. The number of rotatable bonds is 7. The van der Waals surface area contributed by atoms with Gasteiger partial charge in [0, 0.05) is 31.5 Å². The van der Waals surface area contributed by atoms with Crippen LogP contribution in [0.3, 0.4) is 0 Å². The topological polar surface area (TPSA) is 133 Å². The number of H-pyrrole nitrogens is 2. The van der Waals surface area contributed by atoms with Gasteiger partial charge in [0.2, 0.25) is 5.88 Å².